The number of carboxylic acid groups (broad SMARTS) is 1. The minimum atomic E-state index is -2.42. The minimum absolute atomic E-state index is 0.0770. The summed E-state index contributed by atoms with van der Waals surface area (Å²) in [7, 11) is -2.42. The molecule has 38 heavy (non-hydrogen) atoms. The maximum atomic E-state index is 14.0. The molecule has 0 amide bonds. The van der Waals surface area contributed by atoms with Crippen LogP contribution in [-0.4, -0.2) is 42.5 Å². The Bertz CT molecular complexity index is 1150. The van der Waals surface area contributed by atoms with Crippen LogP contribution in [0.5, 0.6) is 0 Å². The molecule has 1 aliphatic rings. The second-order valence-corrected chi connectivity index (χ2v) is 17.6. The predicted octanol–water partition coefficient (Wildman–Crippen LogP) is 5.16. The number of pyridine rings is 1. The van der Waals surface area contributed by atoms with Gasteiger partial charge in [-0.1, -0.05) is 32.9 Å². The summed E-state index contributed by atoms with van der Waals surface area (Å²) in [5.74, 6) is -1.37. The van der Waals surface area contributed by atoms with E-state index in [-0.39, 0.29) is 16.6 Å². The summed E-state index contributed by atoms with van der Waals surface area (Å²) in [4.78, 5) is 25.3. The largest absolute Gasteiger partial charge is 0.619 e. The van der Waals surface area contributed by atoms with E-state index >= 15 is 0 Å². The number of nitrogens with one attached hydrogen (secondary N) is 1. The number of aromatic nitrogens is 1. The molecule has 208 valence electrons. The zero-order valence-electron chi connectivity index (χ0n) is 23.8. The lowest BCUT2D eigenvalue weighted by Gasteiger charge is -2.45. The molecule has 2 heterocycles. The first-order valence-electron chi connectivity index (χ1n) is 13.1. The highest BCUT2D eigenvalue weighted by atomic mass is 28.4. The molecule has 2 N–H and O–H groups in total. The van der Waals surface area contributed by atoms with Crippen LogP contribution in [0.1, 0.15) is 82.0 Å². The molecule has 0 spiro atoms. The zero-order chi connectivity index (χ0) is 28.5. The second kappa shape index (κ2) is 10.8. The van der Waals surface area contributed by atoms with Crippen LogP contribution in [0, 0.1) is 5.21 Å². The molecular formula is C29H42N2O6Si. The first kappa shape index (κ1) is 29.8. The molecule has 1 aliphatic heterocycles. The summed E-state index contributed by atoms with van der Waals surface area (Å²) in [5, 5.41) is 25.0. The lowest BCUT2D eigenvalue weighted by Crippen LogP contribution is -2.60. The van der Waals surface area contributed by atoms with E-state index in [0.29, 0.717) is 24.8 Å². The topological polar surface area (TPSA) is 112 Å². The van der Waals surface area contributed by atoms with Crippen LogP contribution in [0.15, 0.2) is 48.8 Å². The van der Waals surface area contributed by atoms with Crippen LogP contribution in [0.25, 0.3) is 0 Å². The van der Waals surface area contributed by atoms with Crippen molar-refractivity contribution in [2.24, 2.45) is 0 Å². The fourth-order valence-corrected chi connectivity index (χ4v) is 5.81. The van der Waals surface area contributed by atoms with Gasteiger partial charge in [-0.15, -0.1) is 0 Å². The third-order valence-electron chi connectivity index (χ3n) is 7.56. The summed E-state index contributed by atoms with van der Waals surface area (Å²) in [6.07, 6.45) is 3.91. The van der Waals surface area contributed by atoms with Gasteiger partial charge in [0, 0.05) is 17.7 Å². The molecule has 0 saturated carbocycles. The number of rotatable bonds is 8. The number of hydrogen-bond donors (Lipinski definition) is 2. The van der Waals surface area contributed by atoms with E-state index in [1.165, 1.54) is 12.4 Å². The van der Waals surface area contributed by atoms with E-state index in [1.807, 2.05) is 26.8 Å². The normalized spacial score (nSPS) is 21.2. The van der Waals surface area contributed by atoms with E-state index in [9.17, 15) is 19.9 Å². The molecule has 1 fully saturated rings. The number of hydrogen-bond acceptors (Lipinski definition) is 6. The molecule has 2 aromatic rings. The van der Waals surface area contributed by atoms with Gasteiger partial charge < -0.3 is 19.5 Å². The quantitative estimate of drug-likeness (QED) is 0.205. The SMILES string of the molecule is CC(C)(C)OC(=O)[C@]1([C@H](O[Si](C)(C)C(C)(C)C)c2ccc[n+]([O-])c2)CC[C@@H](Cc2ccc(C(=O)O)cc2)N1. The Morgan fingerprint density at radius 3 is 2.32 bits per heavy atom. The summed E-state index contributed by atoms with van der Waals surface area (Å²) < 4.78 is 13.7. The van der Waals surface area contributed by atoms with Crippen molar-refractivity contribution in [1.29, 1.82) is 0 Å². The lowest BCUT2D eigenvalue weighted by atomic mass is 9.86. The molecule has 8 nitrogen and oxygen atoms in total. The highest BCUT2D eigenvalue weighted by Gasteiger charge is 2.56. The van der Waals surface area contributed by atoms with Crippen molar-refractivity contribution in [3.05, 3.63) is 70.7 Å². The molecule has 9 heteroatoms. The average Bonchev–Trinajstić information content (AvgIpc) is 3.21. The number of carbonyl (C=O) groups is 2. The van der Waals surface area contributed by atoms with Crippen LogP contribution >= 0.6 is 0 Å². The van der Waals surface area contributed by atoms with Gasteiger partial charge in [0.25, 0.3) is 0 Å². The molecular weight excluding hydrogens is 500 g/mol. The standard InChI is InChI=1S/C29H42N2O6Si/c1-27(2,3)36-26(34)29(16-15-23(30-29)18-20-11-13-21(14-12-20)25(32)33)24(22-10-9-17-31(35)19-22)37-38(7,8)28(4,5)6/h9-14,17,19,23-24,30H,15-16,18H2,1-8H3,(H,32,33)/t23-,24+,29+/m0/s1. The minimum Gasteiger partial charge on any atom is -0.619 e. The van der Waals surface area contributed by atoms with Gasteiger partial charge in [-0.25, -0.2) is 9.59 Å². The van der Waals surface area contributed by atoms with Gasteiger partial charge in [-0.2, -0.15) is 4.73 Å². The Balaban J connectivity index is 2.05. The van der Waals surface area contributed by atoms with Crippen LogP contribution < -0.4 is 10.0 Å². The third kappa shape index (κ3) is 6.81. The molecule has 3 atom stereocenters. The number of benzene rings is 1. The van der Waals surface area contributed by atoms with Crippen LogP contribution in [0.3, 0.4) is 0 Å². The zero-order valence-corrected chi connectivity index (χ0v) is 24.8. The number of ether oxygens (including phenoxy) is 1. The number of carboxylic acids is 1. The fourth-order valence-electron chi connectivity index (χ4n) is 4.53. The molecule has 1 saturated heterocycles. The molecule has 0 unspecified atom stereocenters. The molecule has 1 aromatic carbocycles. The molecule has 0 aliphatic carbocycles. The monoisotopic (exact) mass is 542 g/mol. The number of esters is 1. The van der Waals surface area contributed by atoms with E-state index in [0.717, 1.165) is 10.3 Å². The molecule has 3 rings (SSSR count). The number of aromatic carboxylic acids is 1. The van der Waals surface area contributed by atoms with Crippen LogP contribution in [0.2, 0.25) is 18.1 Å². The first-order valence-corrected chi connectivity index (χ1v) is 16.0. The van der Waals surface area contributed by atoms with Gasteiger partial charge >= 0.3 is 11.9 Å². The highest BCUT2D eigenvalue weighted by molar-refractivity contribution is 6.74. The average molecular weight is 543 g/mol. The predicted molar refractivity (Wildman–Crippen MR) is 148 cm³/mol. The summed E-state index contributed by atoms with van der Waals surface area (Å²) in [6, 6.07) is 10.2. The Morgan fingerprint density at radius 2 is 1.79 bits per heavy atom. The van der Waals surface area contributed by atoms with E-state index in [2.05, 4.69) is 39.2 Å². The summed E-state index contributed by atoms with van der Waals surface area (Å²) in [5.41, 5.74) is -0.103. The van der Waals surface area contributed by atoms with Gasteiger partial charge in [0.1, 0.15) is 17.2 Å². The Kier molecular flexibility index (Phi) is 8.46. The van der Waals surface area contributed by atoms with Crippen molar-refractivity contribution in [3.8, 4) is 0 Å². The van der Waals surface area contributed by atoms with Crippen molar-refractivity contribution < 1.29 is 28.6 Å². The first-order chi connectivity index (χ1) is 17.4. The lowest BCUT2D eigenvalue weighted by molar-refractivity contribution is -0.606. The van der Waals surface area contributed by atoms with Gasteiger partial charge in [-0.3, -0.25) is 5.32 Å². The third-order valence-corrected chi connectivity index (χ3v) is 12.0. The summed E-state index contributed by atoms with van der Waals surface area (Å²) in [6.45, 7) is 16.2. The molecule has 0 bridgehead atoms. The highest BCUT2D eigenvalue weighted by Crippen LogP contribution is 2.46. The van der Waals surface area contributed by atoms with Crippen molar-refractivity contribution in [2.75, 3.05) is 0 Å². The Morgan fingerprint density at radius 1 is 1.16 bits per heavy atom. The van der Waals surface area contributed by atoms with Crippen molar-refractivity contribution in [2.45, 2.75) is 102 Å². The number of nitrogens with zero attached hydrogens (tertiary/aromatic N) is 1. The van der Waals surface area contributed by atoms with E-state index in [1.54, 1.807) is 30.3 Å². The fraction of sp³-hybridized carbons (Fsp3) is 0.552. The van der Waals surface area contributed by atoms with E-state index in [4.69, 9.17) is 9.16 Å². The Labute approximate surface area is 227 Å². The second-order valence-electron chi connectivity index (χ2n) is 12.8. The Hall–Kier alpha value is -2.75. The number of carbonyl (C=O) groups excluding carboxylic acids is 1. The molecule has 0 radical (unpaired) electrons. The maximum absolute atomic E-state index is 14.0. The van der Waals surface area contributed by atoms with Gasteiger partial charge in [0.2, 0.25) is 0 Å². The maximum Gasteiger partial charge on any atom is 0.335 e. The van der Waals surface area contributed by atoms with Gasteiger partial charge in [0.05, 0.1) is 5.56 Å². The van der Waals surface area contributed by atoms with Crippen molar-refractivity contribution in [3.63, 3.8) is 0 Å². The van der Waals surface area contributed by atoms with Crippen LogP contribution in [-0.2, 0) is 20.4 Å². The van der Waals surface area contributed by atoms with E-state index < -0.39 is 37.5 Å². The molecule has 1 aromatic heterocycles. The van der Waals surface area contributed by atoms with Gasteiger partial charge in [0.15, 0.2) is 20.7 Å². The van der Waals surface area contributed by atoms with Crippen LogP contribution in [0.4, 0.5) is 0 Å². The summed E-state index contributed by atoms with van der Waals surface area (Å²) >= 11 is 0. The smallest absolute Gasteiger partial charge is 0.335 e. The van der Waals surface area contributed by atoms with Crippen molar-refractivity contribution >= 4 is 20.3 Å². The van der Waals surface area contributed by atoms with Gasteiger partial charge in [-0.05, 0) is 81.9 Å². The van der Waals surface area contributed by atoms with Crippen molar-refractivity contribution in [1.82, 2.24) is 5.32 Å².